The van der Waals surface area contributed by atoms with Crippen LogP contribution >= 0.6 is 11.8 Å². The van der Waals surface area contributed by atoms with Crippen LogP contribution in [0.4, 0.5) is 0 Å². The third-order valence-electron chi connectivity index (χ3n) is 5.65. The molecular weight excluding hydrogens is 469 g/mol. The molecule has 0 aliphatic heterocycles. The molecule has 0 aromatic heterocycles. The average Bonchev–Trinajstić information content (AvgIpc) is 2.86. The number of carbonyl (C=O) groups is 2. The predicted octanol–water partition coefficient (Wildman–Crippen LogP) is 2.33. The molecular formula is C28H31LiNO5S+. The largest absolute Gasteiger partial charge is 1.00 e. The van der Waals surface area contributed by atoms with E-state index < -0.39 is 17.9 Å². The van der Waals surface area contributed by atoms with E-state index in [1.807, 2.05) is 73.8 Å². The normalized spacial score (nSPS) is 11.3. The first-order chi connectivity index (χ1) is 16.9. The summed E-state index contributed by atoms with van der Waals surface area (Å²) in [4.78, 5) is 24.8. The molecule has 0 saturated carbocycles. The predicted molar refractivity (Wildman–Crippen MR) is 140 cm³/mol. The third-order valence-corrected chi connectivity index (χ3v) is 6.29. The second-order valence-corrected chi connectivity index (χ2v) is 9.17. The summed E-state index contributed by atoms with van der Waals surface area (Å²) in [6.45, 7) is 2.78. The van der Waals surface area contributed by atoms with Crippen LogP contribution < -0.4 is 28.9 Å². The number of hydrogen-bond donors (Lipinski definition) is 2. The summed E-state index contributed by atoms with van der Waals surface area (Å²) in [6, 6.07) is 20.1. The second kappa shape index (κ2) is 14.8. The summed E-state index contributed by atoms with van der Waals surface area (Å²) in [6.07, 6.45) is 2.27. The minimum atomic E-state index is -1.03. The summed E-state index contributed by atoms with van der Waals surface area (Å²) < 4.78 is 11.2. The molecule has 2 N–H and O–H groups in total. The van der Waals surface area contributed by atoms with Crippen molar-refractivity contribution in [3.8, 4) is 16.9 Å². The Morgan fingerprint density at radius 3 is 2.36 bits per heavy atom. The van der Waals surface area contributed by atoms with Crippen molar-refractivity contribution in [1.82, 2.24) is 5.32 Å². The first-order valence-electron chi connectivity index (χ1n) is 11.3. The number of thioether (sulfide) groups is 1. The van der Waals surface area contributed by atoms with E-state index in [9.17, 15) is 14.7 Å². The van der Waals surface area contributed by atoms with Gasteiger partial charge < -0.3 is 19.9 Å². The average molecular weight is 501 g/mol. The molecule has 3 rings (SSSR count). The van der Waals surface area contributed by atoms with Gasteiger partial charge in [-0.2, -0.15) is 11.8 Å². The van der Waals surface area contributed by atoms with Gasteiger partial charge in [0.15, 0.2) is 0 Å². The fraction of sp³-hybridized carbons (Fsp3) is 0.286. The van der Waals surface area contributed by atoms with Crippen molar-refractivity contribution in [2.75, 3.05) is 19.1 Å². The van der Waals surface area contributed by atoms with Crippen molar-refractivity contribution in [3.63, 3.8) is 0 Å². The summed E-state index contributed by atoms with van der Waals surface area (Å²) in [5.41, 5.74) is 5.05. The number of carboxylic acids is 1. The van der Waals surface area contributed by atoms with Crippen molar-refractivity contribution in [1.29, 1.82) is 0 Å². The topological polar surface area (TPSA) is 84.9 Å². The molecule has 6 nitrogen and oxygen atoms in total. The van der Waals surface area contributed by atoms with Crippen LogP contribution in [0.3, 0.4) is 0 Å². The number of aryl methyl sites for hydroxylation is 1. The van der Waals surface area contributed by atoms with Gasteiger partial charge in [-0.25, -0.2) is 4.79 Å². The summed E-state index contributed by atoms with van der Waals surface area (Å²) in [7, 11) is 1.63. The summed E-state index contributed by atoms with van der Waals surface area (Å²) >= 11 is 1.55. The van der Waals surface area contributed by atoms with Crippen LogP contribution in [0.25, 0.3) is 11.1 Å². The van der Waals surface area contributed by atoms with Gasteiger partial charge in [0.1, 0.15) is 11.8 Å². The van der Waals surface area contributed by atoms with Gasteiger partial charge in [0.25, 0.3) is 5.91 Å². The van der Waals surface area contributed by atoms with Crippen LogP contribution in [-0.2, 0) is 22.7 Å². The molecule has 36 heavy (non-hydrogen) atoms. The maximum absolute atomic E-state index is 13.2. The molecule has 0 bridgehead atoms. The zero-order chi connectivity index (χ0) is 25.2. The second-order valence-electron chi connectivity index (χ2n) is 8.18. The zero-order valence-electron chi connectivity index (χ0n) is 21.2. The molecule has 3 aromatic rings. The van der Waals surface area contributed by atoms with E-state index in [-0.39, 0.29) is 18.9 Å². The Balaban J connectivity index is 0.00000456. The van der Waals surface area contributed by atoms with E-state index in [1.54, 1.807) is 24.9 Å². The number of hydrogen-bond acceptors (Lipinski definition) is 5. The molecule has 0 aliphatic carbocycles. The van der Waals surface area contributed by atoms with E-state index in [2.05, 4.69) is 5.32 Å². The van der Waals surface area contributed by atoms with Gasteiger partial charge >= 0.3 is 24.8 Å². The molecule has 0 radical (unpaired) electrons. The minimum absolute atomic E-state index is 0. The smallest absolute Gasteiger partial charge is 0.497 e. The molecule has 0 spiro atoms. The van der Waals surface area contributed by atoms with Crippen LogP contribution in [0.5, 0.6) is 5.75 Å². The van der Waals surface area contributed by atoms with Crippen molar-refractivity contribution in [3.05, 3.63) is 89.0 Å². The number of amides is 1. The Morgan fingerprint density at radius 2 is 1.69 bits per heavy atom. The number of carbonyl (C=O) groups excluding carboxylic acids is 1. The molecule has 0 fully saturated rings. The number of methoxy groups -OCH3 is 1. The maximum Gasteiger partial charge on any atom is 1.00 e. The zero-order valence-corrected chi connectivity index (χ0v) is 22.1. The standard InChI is InChI=1S/C28H31NO5S.Li/c1-19-7-4-5-10-23(19)25-16-21(18-34-17-20-8-6-9-22(15-20)33-2)11-12-24(25)27(30)29-26(28(31)32)13-14-35-3;/h4-12,15-16,26H,13-14,17-18H2,1-3H3,(H,29,30)(H,31,32);/q;+1. The Kier molecular flexibility index (Phi) is 12.1. The van der Waals surface area contributed by atoms with Gasteiger partial charge in [0, 0.05) is 5.56 Å². The van der Waals surface area contributed by atoms with E-state index in [1.165, 1.54) is 0 Å². The van der Waals surface area contributed by atoms with Crippen LogP contribution in [0.1, 0.15) is 33.5 Å². The molecule has 1 unspecified atom stereocenters. The first-order valence-corrected chi connectivity index (χ1v) is 12.7. The third kappa shape index (κ3) is 8.18. The van der Waals surface area contributed by atoms with Crippen LogP contribution in [0.2, 0.25) is 0 Å². The van der Waals surface area contributed by atoms with Gasteiger partial charge in [-0.1, -0.05) is 42.5 Å². The van der Waals surface area contributed by atoms with Gasteiger partial charge in [0.05, 0.1) is 20.3 Å². The molecule has 8 heteroatoms. The SMILES string of the molecule is COc1cccc(COCc2ccc(C(=O)NC(CCSC)C(=O)O)c(-c3ccccc3C)c2)c1.[Li+]. The summed E-state index contributed by atoms with van der Waals surface area (Å²) in [5.74, 6) is -0.0145. The molecule has 0 saturated heterocycles. The van der Waals surface area contributed by atoms with Gasteiger partial charge in [-0.15, -0.1) is 0 Å². The Hall–Kier alpha value is -2.69. The molecule has 0 aliphatic rings. The minimum Gasteiger partial charge on any atom is -0.497 e. The van der Waals surface area contributed by atoms with Crippen LogP contribution in [0.15, 0.2) is 66.7 Å². The Morgan fingerprint density at radius 1 is 0.972 bits per heavy atom. The Bertz CT molecular complexity index is 1170. The van der Waals surface area contributed by atoms with Crippen LogP contribution in [0, 0.1) is 6.92 Å². The number of benzene rings is 3. The van der Waals surface area contributed by atoms with Crippen molar-refractivity contribution in [2.45, 2.75) is 32.6 Å². The summed E-state index contributed by atoms with van der Waals surface area (Å²) in [5, 5.41) is 12.2. The maximum atomic E-state index is 13.2. The fourth-order valence-electron chi connectivity index (χ4n) is 3.76. The number of carboxylic acid groups (broad SMARTS) is 1. The number of nitrogens with one attached hydrogen (secondary N) is 1. The first kappa shape index (κ1) is 29.5. The molecule has 1 atom stereocenters. The van der Waals surface area contributed by atoms with Crippen LogP contribution in [-0.4, -0.2) is 42.1 Å². The van der Waals surface area contributed by atoms with E-state index >= 15 is 0 Å². The number of aliphatic carboxylic acids is 1. The molecule has 1 amide bonds. The number of rotatable bonds is 12. The van der Waals surface area contributed by atoms with Crippen molar-refractivity contribution >= 4 is 23.6 Å². The molecule has 3 aromatic carbocycles. The van der Waals surface area contributed by atoms with Gasteiger partial charge in [0.2, 0.25) is 0 Å². The van der Waals surface area contributed by atoms with Crippen molar-refractivity contribution in [2.24, 2.45) is 0 Å². The van der Waals surface area contributed by atoms with E-state index in [0.29, 0.717) is 31.0 Å². The molecule has 0 heterocycles. The van der Waals surface area contributed by atoms with Crippen molar-refractivity contribution < 1.29 is 43.0 Å². The quantitative estimate of drug-likeness (QED) is 0.372. The number of ether oxygens (including phenoxy) is 2. The van der Waals surface area contributed by atoms with Gasteiger partial charge in [-0.05, 0) is 77.4 Å². The van der Waals surface area contributed by atoms with E-state index in [0.717, 1.165) is 33.6 Å². The van der Waals surface area contributed by atoms with Gasteiger partial charge in [-0.3, -0.25) is 4.79 Å². The fourth-order valence-corrected chi connectivity index (χ4v) is 4.23. The molecule has 184 valence electrons. The Labute approximate surface area is 229 Å². The van der Waals surface area contributed by atoms with E-state index in [4.69, 9.17) is 9.47 Å². The monoisotopic (exact) mass is 500 g/mol.